The van der Waals surface area contributed by atoms with Crippen LogP contribution in [0.4, 0.5) is 0 Å². The fourth-order valence-corrected chi connectivity index (χ4v) is 3.91. The summed E-state index contributed by atoms with van der Waals surface area (Å²) in [6, 6.07) is 0. The van der Waals surface area contributed by atoms with Gasteiger partial charge in [-0.3, -0.25) is 4.57 Å². The molecule has 0 aliphatic heterocycles. The molecule has 84 valence electrons. The van der Waals surface area contributed by atoms with E-state index in [4.69, 9.17) is 15.5 Å². The maximum atomic E-state index is 11.0. The van der Waals surface area contributed by atoms with Gasteiger partial charge in [0, 0.05) is 0 Å². The predicted molar refractivity (Wildman–Crippen MR) is 56.0 cm³/mol. The van der Waals surface area contributed by atoms with Gasteiger partial charge in [0.05, 0.1) is 6.16 Å². The smallest absolute Gasteiger partial charge is 0.326 e. The highest BCUT2D eigenvalue weighted by atomic mass is 31.2. The number of nitrogens with two attached hydrogens (primary N) is 1. The number of rotatable bonds is 3. The van der Waals surface area contributed by atoms with E-state index in [1.807, 2.05) is 0 Å². The quantitative estimate of drug-likeness (QED) is 0.625. The van der Waals surface area contributed by atoms with Gasteiger partial charge in [0.15, 0.2) is 0 Å². The highest BCUT2D eigenvalue weighted by Gasteiger charge is 2.44. The van der Waals surface area contributed by atoms with Crippen LogP contribution in [0.25, 0.3) is 0 Å². The van der Waals surface area contributed by atoms with Gasteiger partial charge in [-0.15, -0.1) is 0 Å². The zero-order valence-electron chi connectivity index (χ0n) is 8.81. The molecule has 0 heterocycles. The molecule has 4 N–H and O–H groups in total. The molecule has 0 amide bonds. The lowest BCUT2D eigenvalue weighted by atomic mass is 9.87. The summed E-state index contributed by atoms with van der Waals surface area (Å²) in [5.74, 6) is 1.04. The van der Waals surface area contributed by atoms with Gasteiger partial charge in [-0.25, -0.2) is 0 Å². The summed E-state index contributed by atoms with van der Waals surface area (Å²) in [5.41, 5.74) is 5.34. The topological polar surface area (TPSA) is 83.6 Å². The largest absolute Gasteiger partial charge is 0.330 e. The monoisotopic (exact) mass is 221 g/mol. The van der Waals surface area contributed by atoms with Gasteiger partial charge in [0.1, 0.15) is 0 Å². The lowest BCUT2D eigenvalue weighted by Gasteiger charge is -2.27. The van der Waals surface area contributed by atoms with Crippen molar-refractivity contribution in [3.8, 4) is 0 Å². The van der Waals surface area contributed by atoms with Gasteiger partial charge in [0.25, 0.3) is 0 Å². The number of hydrogen-bond acceptors (Lipinski definition) is 2. The molecular formula is C9H20NO3P. The molecule has 0 aromatic heterocycles. The van der Waals surface area contributed by atoms with Crippen molar-refractivity contribution in [3.05, 3.63) is 0 Å². The van der Waals surface area contributed by atoms with E-state index in [1.165, 1.54) is 0 Å². The third-order valence-electron chi connectivity index (χ3n) is 3.46. The summed E-state index contributed by atoms with van der Waals surface area (Å²) in [5, 5.41) is 0. The van der Waals surface area contributed by atoms with Crippen molar-refractivity contribution in [1.82, 2.24) is 0 Å². The van der Waals surface area contributed by atoms with E-state index in [2.05, 4.69) is 13.8 Å². The highest BCUT2D eigenvalue weighted by molar-refractivity contribution is 7.51. The van der Waals surface area contributed by atoms with Crippen LogP contribution < -0.4 is 5.73 Å². The molecule has 0 saturated heterocycles. The second-order valence-corrected chi connectivity index (χ2v) is 6.54. The Bertz CT molecular complexity index is 240. The van der Waals surface area contributed by atoms with Gasteiger partial charge < -0.3 is 15.5 Å². The van der Waals surface area contributed by atoms with E-state index in [0.717, 1.165) is 12.8 Å². The third-order valence-corrected chi connectivity index (χ3v) is 4.54. The molecule has 0 spiro atoms. The average Bonchev–Trinajstić information content (AvgIpc) is 2.25. The maximum Gasteiger partial charge on any atom is 0.326 e. The fourth-order valence-electron chi connectivity index (χ4n) is 2.65. The van der Waals surface area contributed by atoms with E-state index in [1.54, 1.807) is 0 Å². The van der Waals surface area contributed by atoms with Crippen molar-refractivity contribution in [2.24, 2.45) is 23.0 Å². The first-order valence-corrected chi connectivity index (χ1v) is 6.82. The first-order chi connectivity index (χ1) is 6.28. The Balaban J connectivity index is 2.75. The molecule has 0 bridgehead atoms. The van der Waals surface area contributed by atoms with Gasteiger partial charge >= 0.3 is 7.60 Å². The highest BCUT2D eigenvalue weighted by Crippen LogP contribution is 2.52. The van der Waals surface area contributed by atoms with Crippen LogP contribution in [-0.4, -0.2) is 22.5 Å². The van der Waals surface area contributed by atoms with Crippen molar-refractivity contribution < 1.29 is 14.4 Å². The first-order valence-electron chi connectivity index (χ1n) is 5.03. The van der Waals surface area contributed by atoms with Crippen molar-refractivity contribution in [3.63, 3.8) is 0 Å². The standard InChI is InChI=1S/C9H20NO3P/c1-7-3-9(5-10,4-8(7)2)6-14(11,12)13/h7-8H,3-6,10H2,1-2H3,(H2,11,12,13). The van der Waals surface area contributed by atoms with Crippen molar-refractivity contribution in [2.45, 2.75) is 26.7 Å². The summed E-state index contributed by atoms with van der Waals surface area (Å²) in [6.07, 6.45) is 1.64. The molecule has 2 unspecified atom stereocenters. The van der Waals surface area contributed by atoms with Crippen LogP contribution in [0, 0.1) is 17.3 Å². The predicted octanol–water partition coefficient (Wildman–Crippen LogP) is 1.18. The molecule has 14 heavy (non-hydrogen) atoms. The summed E-state index contributed by atoms with van der Waals surface area (Å²) in [4.78, 5) is 18.0. The summed E-state index contributed by atoms with van der Waals surface area (Å²) in [7, 11) is -3.93. The van der Waals surface area contributed by atoms with E-state index < -0.39 is 7.60 Å². The normalized spacial score (nSPS) is 38.9. The molecule has 4 nitrogen and oxygen atoms in total. The Hall–Kier alpha value is 0.110. The van der Waals surface area contributed by atoms with Gasteiger partial charge in [-0.1, -0.05) is 13.8 Å². The molecule has 1 aliphatic rings. The van der Waals surface area contributed by atoms with Gasteiger partial charge in [-0.05, 0) is 36.6 Å². The molecule has 1 fully saturated rings. The van der Waals surface area contributed by atoms with Gasteiger partial charge in [-0.2, -0.15) is 0 Å². The van der Waals surface area contributed by atoms with E-state index in [-0.39, 0.29) is 11.6 Å². The Morgan fingerprint density at radius 3 is 2.07 bits per heavy atom. The van der Waals surface area contributed by atoms with Crippen LogP contribution in [0.5, 0.6) is 0 Å². The lowest BCUT2D eigenvalue weighted by molar-refractivity contribution is 0.293. The first kappa shape index (κ1) is 12.2. The zero-order chi connectivity index (χ0) is 11.0. The Kier molecular flexibility index (Phi) is 3.42. The zero-order valence-corrected chi connectivity index (χ0v) is 9.70. The molecule has 1 saturated carbocycles. The maximum absolute atomic E-state index is 11.0. The molecule has 0 aromatic carbocycles. The average molecular weight is 221 g/mol. The minimum Gasteiger partial charge on any atom is -0.330 e. The Labute approximate surface area is 85.0 Å². The minimum absolute atomic E-state index is 0.0504. The molecule has 2 atom stereocenters. The SMILES string of the molecule is CC1CC(CN)(CP(=O)(O)O)CC1C. The van der Waals surface area contributed by atoms with Crippen LogP contribution in [0.3, 0.4) is 0 Å². The molecule has 0 radical (unpaired) electrons. The van der Waals surface area contributed by atoms with Crippen LogP contribution in [0.2, 0.25) is 0 Å². The molecular weight excluding hydrogens is 201 g/mol. The third kappa shape index (κ3) is 2.80. The Morgan fingerprint density at radius 1 is 1.36 bits per heavy atom. The molecule has 1 rings (SSSR count). The Morgan fingerprint density at radius 2 is 1.79 bits per heavy atom. The fraction of sp³-hybridized carbons (Fsp3) is 1.00. The minimum atomic E-state index is -3.93. The van der Waals surface area contributed by atoms with Crippen molar-refractivity contribution in [1.29, 1.82) is 0 Å². The van der Waals surface area contributed by atoms with Crippen LogP contribution >= 0.6 is 7.60 Å². The second-order valence-electron chi connectivity index (χ2n) is 4.89. The summed E-state index contributed by atoms with van der Waals surface area (Å²) >= 11 is 0. The van der Waals surface area contributed by atoms with Crippen molar-refractivity contribution >= 4 is 7.60 Å². The summed E-state index contributed by atoms with van der Waals surface area (Å²) < 4.78 is 11.0. The molecule has 0 aromatic rings. The van der Waals surface area contributed by atoms with Crippen LogP contribution in [0.1, 0.15) is 26.7 Å². The number of hydrogen-bond donors (Lipinski definition) is 3. The second kappa shape index (κ2) is 3.93. The van der Waals surface area contributed by atoms with Crippen LogP contribution in [0.15, 0.2) is 0 Å². The summed E-state index contributed by atoms with van der Waals surface area (Å²) in [6.45, 7) is 4.64. The van der Waals surface area contributed by atoms with Gasteiger partial charge in [0.2, 0.25) is 0 Å². The lowest BCUT2D eigenvalue weighted by Crippen LogP contribution is -2.31. The van der Waals surface area contributed by atoms with E-state index in [9.17, 15) is 4.57 Å². The molecule has 1 aliphatic carbocycles. The van der Waals surface area contributed by atoms with Crippen LogP contribution in [-0.2, 0) is 4.57 Å². The van der Waals surface area contributed by atoms with Crippen molar-refractivity contribution in [2.75, 3.05) is 12.7 Å². The van der Waals surface area contributed by atoms with E-state index in [0.29, 0.717) is 18.4 Å². The van der Waals surface area contributed by atoms with E-state index >= 15 is 0 Å². The molecule has 5 heteroatoms.